The second-order valence-electron chi connectivity index (χ2n) is 6.98. The van der Waals surface area contributed by atoms with Crippen LogP contribution in [0.3, 0.4) is 0 Å². The zero-order valence-corrected chi connectivity index (χ0v) is 17.5. The lowest BCUT2D eigenvalue weighted by Gasteiger charge is -2.18. The molecule has 6 heteroatoms. The fourth-order valence-electron chi connectivity index (χ4n) is 3.52. The summed E-state index contributed by atoms with van der Waals surface area (Å²) >= 11 is 1.50. The van der Waals surface area contributed by atoms with Crippen molar-refractivity contribution in [2.75, 3.05) is 30.4 Å². The first kappa shape index (κ1) is 21.4. The van der Waals surface area contributed by atoms with Gasteiger partial charge in [0.25, 0.3) is 0 Å². The van der Waals surface area contributed by atoms with Crippen molar-refractivity contribution in [2.45, 2.75) is 31.4 Å². The van der Waals surface area contributed by atoms with Gasteiger partial charge in [0.15, 0.2) is 5.78 Å². The fourth-order valence-corrected chi connectivity index (χ4v) is 4.51. The first-order valence-electron chi connectivity index (χ1n) is 9.99. The number of thioether (sulfide) groups is 1. The summed E-state index contributed by atoms with van der Waals surface area (Å²) in [4.78, 5) is 26.4. The van der Waals surface area contributed by atoms with Gasteiger partial charge in [-0.1, -0.05) is 30.3 Å². The van der Waals surface area contributed by atoms with Gasteiger partial charge in [-0.05, 0) is 49.9 Å². The van der Waals surface area contributed by atoms with E-state index in [1.165, 1.54) is 11.8 Å². The molecule has 0 radical (unpaired) electrons. The van der Waals surface area contributed by atoms with Crippen LogP contribution in [0.1, 0.15) is 47.4 Å². The highest BCUT2D eigenvalue weighted by atomic mass is 32.2. The van der Waals surface area contributed by atoms with Crippen molar-refractivity contribution in [3.8, 4) is 5.75 Å². The number of fused-ring (bicyclic) bond motifs is 1. The van der Waals surface area contributed by atoms with E-state index >= 15 is 0 Å². The summed E-state index contributed by atoms with van der Waals surface area (Å²) in [5, 5.41) is 8.89. The maximum atomic E-state index is 12.8. The van der Waals surface area contributed by atoms with E-state index in [1.54, 1.807) is 13.0 Å². The van der Waals surface area contributed by atoms with Gasteiger partial charge in [-0.3, -0.25) is 9.59 Å². The quantitative estimate of drug-likeness (QED) is 0.441. The van der Waals surface area contributed by atoms with Crippen LogP contribution in [0.4, 0.5) is 5.69 Å². The van der Waals surface area contributed by atoms with Crippen molar-refractivity contribution < 1.29 is 19.4 Å². The highest BCUT2D eigenvalue weighted by Gasteiger charge is 2.36. The number of anilines is 1. The molecule has 2 aromatic rings. The number of para-hydroxylation sites is 2. The number of hydrogen-bond donors (Lipinski definition) is 1. The predicted octanol–water partition coefficient (Wildman–Crippen LogP) is 4.25. The van der Waals surface area contributed by atoms with Crippen molar-refractivity contribution in [3.05, 3.63) is 59.7 Å². The molecule has 0 aromatic heterocycles. The number of amides is 1. The van der Waals surface area contributed by atoms with Crippen LogP contribution in [0.25, 0.3) is 0 Å². The zero-order chi connectivity index (χ0) is 20.6. The van der Waals surface area contributed by atoms with Gasteiger partial charge in [0, 0.05) is 18.0 Å². The van der Waals surface area contributed by atoms with Crippen LogP contribution >= 0.6 is 11.8 Å². The molecule has 1 aliphatic heterocycles. The number of hydrogen-bond acceptors (Lipinski definition) is 5. The Balaban J connectivity index is 1.47. The number of carbonyl (C=O) groups excluding carboxylic acids is 2. The summed E-state index contributed by atoms with van der Waals surface area (Å²) in [6.07, 6.45) is 2.68. The largest absolute Gasteiger partial charge is 0.493 e. The topological polar surface area (TPSA) is 66.8 Å². The van der Waals surface area contributed by atoms with E-state index in [0.717, 1.165) is 30.5 Å². The molecule has 0 aliphatic carbocycles. The molecule has 1 atom stereocenters. The number of aliphatic hydroxyl groups excluding tert-OH is 1. The van der Waals surface area contributed by atoms with Crippen molar-refractivity contribution in [1.82, 2.24) is 0 Å². The molecule has 2 aromatic carbocycles. The van der Waals surface area contributed by atoms with E-state index in [0.29, 0.717) is 30.2 Å². The number of carbonyl (C=O) groups is 2. The van der Waals surface area contributed by atoms with Gasteiger partial charge < -0.3 is 14.7 Å². The Hall–Kier alpha value is -2.31. The molecule has 29 heavy (non-hydrogen) atoms. The third-order valence-corrected chi connectivity index (χ3v) is 6.13. The van der Waals surface area contributed by atoms with Crippen molar-refractivity contribution >= 4 is 29.1 Å². The molecule has 1 heterocycles. The van der Waals surface area contributed by atoms with Crippen LogP contribution in [0.15, 0.2) is 48.5 Å². The van der Waals surface area contributed by atoms with Crippen molar-refractivity contribution in [3.63, 3.8) is 0 Å². The summed E-state index contributed by atoms with van der Waals surface area (Å²) in [6, 6.07) is 15.2. The van der Waals surface area contributed by atoms with E-state index in [9.17, 15) is 9.59 Å². The molecule has 0 spiro atoms. The molecule has 1 N–H and O–H groups in total. The highest BCUT2D eigenvalue weighted by Crippen LogP contribution is 2.43. The number of ether oxygens (including phenoxy) is 1. The number of unbranched alkanes of at least 4 members (excludes halogenated alkanes) is 2. The van der Waals surface area contributed by atoms with E-state index in [1.807, 2.05) is 47.4 Å². The molecular weight excluding hydrogens is 386 g/mol. The van der Waals surface area contributed by atoms with Gasteiger partial charge in [0.1, 0.15) is 11.0 Å². The number of rotatable bonds is 11. The first-order valence-corrected chi connectivity index (χ1v) is 11.0. The maximum absolute atomic E-state index is 12.8. The fraction of sp³-hybridized carbons (Fsp3) is 0.391. The molecule has 0 bridgehead atoms. The van der Waals surface area contributed by atoms with Crippen LogP contribution in [0.2, 0.25) is 0 Å². The SMILES string of the molecule is CC(=O)c1ccccc1OCCCCCN1C(=O)C(SCCO)c2ccccc21. The smallest absolute Gasteiger partial charge is 0.244 e. The lowest BCUT2D eigenvalue weighted by Crippen LogP contribution is -2.29. The summed E-state index contributed by atoms with van der Waals surface area (Å²) in [5.41, 5.74) is 2.64. The molecule has 1 aliphatic rings. The maximum Gasteiger partial charge on any atom is 0.244 e. The number of aliphatic hydroxyl groups is 1. The number of Topliss-reactive ketones (excluding diaryl/α,β-unsaturated/α-hetero) is 1. The normalized spacial score (nSPS) is 15.4. The zero-order valence-electron chi connectivity index (χ0n) is 16.7. The van der Waals surface area contributed by atoms with Gasteiger partial charge in [-0.2, -0.15) is 0 Å². The van der Waals surface area contributed by atoms with E-state index in [2.05, 4.69) is 0 Å². The molecule has 0 saturated heterocycles. The molecule has 5 nitrogen and oxygen atoms in total. The number of ketones is 1. The van der Waals surface area contributed by atoms with E-state index in [4.69, 9.17) is 9.84 Å². The molecule has 1 amide bonds. The molecular formula is C23H27NO4S. The second kappa shape index (κ2) is 10.5. The Kier molecular flexibility index (Phi) is 7.72. The third kappa shape index (κ3) is 5.19. The molecule has 1 unspecified atom stereocenters. The van der Waals surface area contributed by atoms with Gasteiger partial charge in [0.2, 0.25) is 5.91 Å². The first-order chi connectivity index (χ1) is 14.1. The number of nitrogens with zero attached hydrogens (tertiary/aromatic N) is 1. The Morgan fingerprint density at radius 2 is 1.86 bits per heavy atom. The lowest BCUT2D eigenvalue weighted by molar-refractivity contribution is -0.117. The van der Waals surface area contributed by atoms with Crippen LogP contribution in [-0.4, -0.2) is 42.3 Å². The van der Waals surface area contributed by atoms with Crippen molar-refractivity contribution in [2.24, 2.45) is 0 Å². The second-order valence-corrected chi connectivity index (χ2v) is 8.20. The molecule has 154 valence electrons. The van der Waals surface area contributed by atoms with Crippen LogP contribution in [-0.2, 0) is 4.79 Å². The minimum atomic E-state index is -0.218. The average Bonchev–Trinajstić information content (AvgIpc) is 3.00. The van der Waals surface area contributed by atoms with E-state index in [-0.39, 0.29) is 23.5 Å². The Morgan fingerprint density at radius 3 is 2.66 bits per heavy atom. The summed E-state index contributed by atoms with van der Waals surface area (Å²) < 4.78 is 5.78. The monoisotopic (exact) mass is 413 g/mol. The molecule has 0 fully saturated rings. The van der Waals surface area contributed by atoms with Crippen LogP contribution < -0.4 is 9.64 Å². The van der Waals surface area contributed by atoms with Gasteiger partial charge in [0.05, 0.1) is 18.8 Å². The summed E-state index contributed by atoms with van der Waals surface area (Å²) in [5.74, 6) is 1.29. The van der Waals surface area contributed by atoms with Crippen LogP contribution in [0.5, 0.6) is 5.75 Å². The molecule has 3 rings (SSSR count). The van der Waals surface area contributed by atoms with E-state index < -0.39 is 0 Å². The molecule has 0 saturated carbocycles. The average molecular weight is 414 g/mol. The summed E-state index contributed by atoms with van der Waals surface area (Å²) in [7, 11) is 0. The Bertz CT molecular complexity index is 854. The van der Waals surface area contributed by atoms with Gasteiger partial charge in [-0.25, -0.2) is 0 Å². The lowest BCUT2D eigenvalue weighted by atomic mass is 10.1. The van der Waals surface area contributed by atoms with Gasteiger partial charge >= 0.3 is 0 Å². The Labute approximate surface area is 176 Å². The summed E-state index contributed by atoms with van der Waals surface area (Å²) in [6.45, 7) is 2.84. The van der Waals surface area contributed by atoms with Crippen LogP contribution in [0, 0.1) is 0 Å². The predicted molar refractivity (Wildman–Crippen MR) is 117 cm³/mol. The highest BCUT2D eigenvalue weighted by molar-refractivity contribution is 8.00. The van der Waals surface area contributed by atoms with Crippen molar-refractivity contribution in [1.29, 1.82) is 0 Å². The third-order valence-electron chi connectivity index (χ3n) is 4.93. The minimum Gasteiger partial charge on any atom is -0.493 e. The standard InChI is InChI=1S/C23H27NO4S/c1-17(26)18-9-4-6-12-21(18)28-15-8-2-7-13-24-20-11-5-3-10-19(20)22(23(24)27)29-16-14-25/h3-6,9-12,22,25H,2,7-8,13-16H2,1H3. The Morgan fingerprint density at radius 1 is 1.10 bits per heavy atom. The minimum absolute atomic E-state index is 0.000401. The number of benzene rings is 2. The van der Waals surface area contributed by atoms with Gasteiger partial charge in [-0.15, -0.1) is 11.8 Å².